The van der Waals surface area contributed by atoms with Crippen LogP contribution in [-0.4, -0.2) is 64.4 Å². The van der Waals surface area contributed by atoms with Crippen LogP contribution in [0.15, 0.2) is 0 Å². The largest absolute Gasteiger partial charge is 0.480 e. The fraction of sp³-hybridized carbons (Fsp3) is 0.818. The minimum Gasteiger partial charge on any atom is -0.480 e. The Kier molecular flexibility index (Phi) is 10.4. The first kappa shape index (κ1) is 26.9. The highest BCUT2D eigenvalue weighted by Gasteiger charge is 2.39. The van der Waals surface area contributed by atoms with E-state index in [-0.39, 0.29) is 23.7 Å². The Labute approximate surface area is 185 Å². The van der Waals surface area contributed by atoms with E-state index in [1.54, 1.807) is 6.92 Å². The van der Waals surface area contributed by atoms with Crippen molar-refractivity contribution in [2.75, 3.05) is 6.54 Å². The van der Waals surface area contributed by atoms with Gasteiger partial charge in [0.15, 0.2) is 0 Å². The van der Waals surface area contributed by atoms with E-state index in [1.165, 1.54) is 4.90 Å². The first-order chi connectivity index (χ1) is 14.4. The summed E-state index contributed by atoms with van der Waals surface area (Å²) < 4.78 is 0. The standard InChI is InChI=1S/C22H40N4O5/c1-7-14(6)18(22(30)31)25-19(27)16-9-8-10-26(16)21(29)15(11-12(2)3)24-20(28)17(23)13(4)5/h12-18H,7-11,23H2,1-6H3,(H,24,28)(H,25,27)(H,30,31). The second kappa shape index (κ2) is 12.0. The van der Waals surface area contributed by atoms with Gasteiger partial charge in [-0.3, -0.25) is 14.4 Å². The number of nitrogens with zero attached hydrogens (tertiary/aromatic N) is 1. The van der Waals surface area contributed by atoms with E-state index in [0.717, 1.165) is 0 Å². The topological polar surface area (TPSA) is 142 Å². The molecule has 0 bridgehead atoms. The number of nitrogens with two attached hydrogens (primary N) is 1. The van der Waals surface area contributed by atoms with E-state index in [9.17, 15) is 24.3 Å². The predicted octanol–water partition coefficient (Wildman–Crippen LogP) is 1.11. The minimum atomic E-state index is -1.09. The molecule has 0 aromatic carbocycles. The lowest BCUT2D eigenvalue weighted by Gasteiger charge is -2.31. The van der Waals surface area contributed by atoms with Crippen molar-refractivity contribution in [1.29, 1.82) is 0 Å². The Hall–Kier alpha value is -2.16. The lowest BCUT2D eigenvalue weighted by molar-refractivity contribution is -0.146. The van der Waals surface area contributed by atoms with Crippen LogP contribution in [-0.2, 0) is 19.2 Å². The van der Waals surface area contributed by atoms with Gasteiger partial charge in [0.05, 0.1) is 6.04 Å². The van der Waals surface area contributed by atoms with Crippen molar-refractivity contribution in [2.45, 2.75) is 91.4 Å². The fourth-order valence-corrected chi connectivity index (χ4v) is 3.70. The molecule has 9 heteroatoms. The molecule has 0 saturated carbocycles. The molecule has 0 aliphatic carbocycles. The molecule has 1 rings (SSSR count). The minimum absolute atomic E-state index is 0.0753. The molecular weight excluding hydrogens is 400 g/mol. The third kappa shape index (κ3) is 7.48. The molecule has 31 heavy (non-hydrogen) atoms. The number of carbonyl (C=O) groups excluding carboxylic acids is 3. The average Bonchev–Trinajstić information content (AvgIpc) is 3.18. The van der Waals surface area contributed by atoms with Gasteiger partial charge in [-0.05, 0) is 37.0 Å². The van der Waals surface area contributed by atoms with Gasteiger partial charge in [0, 0.05) is 6.54 Å². The zero-order valence-electron chi connectivity index (χ0n) is 19.7. The number of aliphatic carboxylic acids is 1. The molecule has 5 N–H and O–H groups in total. The van der Waals surface area contributed by atoms with E-state index < -0.39 is 42.0 Å². The number of carboxylic acids is 1. The van der Waals surface area contributed by atoms with Gasteiger partial charge in [0.2, 0.25) is 17.7 Å². The summed E-state index contributed by atoms with van der Waals surface area (Å²) >= 11 is 0. The smallest absolute Gasteiger partial charge is 0.326 e. The van der Waals surface area contributed by atoms with E-state index in [0.29, 0.717) is 32.2 Å². The first-order valence-electron chi connectivity index (χ1n) is 11.3. The molecule has 178 valence electrons. The molecule has 0 aromatic rings. The highest BCUT2D eigenvalue weighted by Crippen LogP contribution is 2.21. The quantitative estimate of drug-likeness (QED) is 0.379. The molecule has 1 aliphatic heterocycles. The van der Waals surface area contributed by atoms with E-state index in [4.69, 9.17) is 5.73 Å². The summed E-state index contributed by atoms with van der Waals surface area (Å²) in [6, 6.07) is -3.27. The summed E-state index contributed by atoms with van der Waals surface area (Å²) in [4.78, 5) is 51.7. The van der Waals surface area contributed by atoms with Crippen molar-refractivity contribution >= 4 is 23.7 Å². The molecule has 1 saturated heterocycles. The first-order valence-corrected chi connectivity index (χ1v) is 11.3. The maximum Gasteiger partial charge on any atom is 0.326 e. The summed E-state index contributed by atoms with van der Waals surface area (Å²) in [6.45, 7) is 11.6. The van der Waals surface area contributed by atoms with Crippen molar-refractivity contribution in [3.63, 3.8) is 0 Å². The van der Waals surface area contributed by atoms with Crippen LogP contribution in [0.3, 0.4) is 0 Å². The van der Waals surface area contributed by atoms with Gasteiger partial charge in [-0.1, -0.05) is 48.0 Å². The van der Waals surface area contributed by atoms with Crippen molar-refractivity contribution in [2.24, 2.45) is 23.5 Å². The normalized spacial score (nSPS) is 20.3. The van der Waals surface area contributed by atoms with E-state index in [2.05, 4.69) is 10.6 Å². The van der Waals surface area contributed by atoms with Crippen molar-refractivity contribution in [3.8, 4) is 0 Å². The van der Waals surface area contributed by atoms with Crippen LogP contribution in [0.25, 0.3) is 0 Å². The van der Waals surface area contributed by atoms with Crippen LogP contribution in [0.2, 0.25) is 0 Å². The summed E-state index contributed by atoms with van der Waals surface area (Å²) in [5, 5.41) is 14.8. The molecule has 5 unspecified atom stereocenters. The molecule has 1 aliphatic rings. The number of rotatable bonds is 11. The van der Waals surface area contributed by atoms with Gasteiger partial charge in [-0.25, -0.2) is 4.79 Å². The third-order valence-corrected chi connectivity index (χ3v) is 5.96. The van der Waals surface area contributed by atoms with Gasteiger partial charge in [0.25, 0.3) is 0 Å². The summed E-state index contributed by atoms with van der Waals surface area (Å²) in [6.07, 6.45) is 2.12. The van der Waals surface area contributed by atoms with Crippen LogP contribution in [0.5, 0.6) is 0 Å². The lowest BCUT2D eigenvalue weighted by Crippen LogP contribution is -2.58. The summed E-state index contributed by atoms with van der Waals surface area (Å²) in [5.41, 5.74) is 5.94. The zero-order valence-corrected chi connectivity index (χ0v) is 19.7. The third-order valence-electron chi connectivity index (χ3n) is 5.96. The van der Waals surface area contributed by atoms with Crippen LogP contribution in [0, 0.1) is 17.8 Å². The molecular formula is C22H40N4O5. The average molecular weight is 441 g/mol. The fourth-order valence-electron chi connectivity index (χ4n) is 3.70. The number of hydrogen-bond donors (Lipinski definition) is 4. The van der Waals surface area contributed by atoms with Gasteiger partial charge >= 0.3 is 5.97 Å². The molecule has 0 radical (unpaired) electrons. The molecule has 5 atom stereocenters. The molecule has 0 spiro atoms. The SMILES string of the molecule is CCC(C)C(NC(=O)C1CCCN1C(=O)C(CC(C)C)NC(=O)C(N)C(C)C)C(=O)O. The van der Waals surface area contributed by atoms with Crippen LogP contribution in [0.1, 0.15) is 67.2 Å². The maximum absolute atomic E-state index is 13.3. The summed E-state index contributed by atoms with van der Waals surface area (Å²) in [5.74, 6) is -2.45. The maximum atomic E-state index is 13.3. The number of carboxylic acid groups (broad SMARTS) is 1. The number of amides is 3. The Morgan fingerprint density at radius 1 is 1.10 bits per heavy atom. The lowest BCUT2D eigenvalue weighted by atomic mass is 9.98. The highest BCUT2D eigenvalue weighted by molar-refractivity contribution is 5.94. The van der Waals surface area contributed by atoms with Gasteiger partial charge in [0.1, 0.15) is 18.1 Å². The number of nitrogens with one attached hydrogen (secondary N) is 2. The molecule has 1 heterocycles. The molecule has 9 nitrogen and oxygen atoms in total. The zero-order chi connectivity index (χ0) is 23.9. The number of hydrogen-bond acceptors (Lipinski definition) is 5. The molecule has 0 aromatic heterocycles. The second-order valence-electron chi connectivity index (χ2n) is 9.36. The molecule has 3 amide bonds. The van der Waals surface area contributed by atoms with Crippen LogP contribution < -0.4 is 16.4 Å². The molecule has 1 fully saturated rings. The number of carbonyl (C=O) groups is 4. The number of likely N-dealkylation sites (tertiary alicyclic amines) is 1. The van der Waals surface area contributed by atoms with Crippen LogP contribution >= 0.6 is 0 Å². The van der Waals surface area contributed by atoms with Crippen molar-refractivity contribution < 1.29 is 24.3 Å². The Morgan fingerprint density at radius 3 is 2.19 bits per heavy atom. The summed E-state index contributed by atoms with van der Waals surface area (Å²) in [7, 11) is 0. The van der Waals surface area contributed by atoms with E-state index >= 15 is 0 Å². The Balaban J connectivity index is 2.99. The van der Waals surface area contributed by atoms with Crippen molar-refractivity contribution in [1.82, 2.24) is 15.5 Å². The van der Waals surface area contributed by atoms with Crippen LogP contribution in [0.4, 0.5) is 0 Å². The Bertz CT molecular complexity index is 652. The van der Waals surface area contributed by atoms with Gasteiger partial charge < -0.3 is 26.4 Å². The predicted molar refractivity (Wildman–Crippen MR) is 118 cm³/mol. The van der Waals surface area contributed by atoms with Gasteiger partial charge in [-0.2, -0.15) is 0 Å². The Morgan fingerprint density at radius 2 is 1.71 bits per heavy atom. The monoisotopic (exact) mass is 440 g/mol. The second-order valence-corrected chi connectivity index (χ2v) is 9.36. The van der Waals surface area contributed by atoms with Crippen molar-refractivity contribution in [3.05, 3.63) is 0 Å². The highest BCUT2D eigenvalue weighted by atomic mass is 16.4. The van der Waals surface area contributed by atoms with Gasteiger partial charge in [-0.15, -0.1) is 0 Å². The van der Waals surface area contributed by atoms with E-state index in [1.807, 2.05) is 34.6 Å².